The van der Waals surface area contributed by atoms with Crippen LogP contribution in [0.3, 0.4) is 0 Å². The van der Waals surface area contributed by atoms with Crippen LogP contribution in [0.15, 0.2) is 66.9 Å². The minimum absolute atomic E-state index is 0.0341. The van der Waals surface area contributed by atoms with Crippen molar-refractivity contribution in [2.24, 2.45) is 0 Å². The second-order valence-electron chi connectivity index (χ2n) is 6.70. The van der Waals surface area contributed by atoms with Gasteiger partial charge in [0.1, 0.15) is 21.1 Å². The van der Waals surface area contributed by atoms with Crippen LogP contribution in [0.2, 0.25) is 0 Å². The maximum Gasteiger partial charge on any atom is 0.416 e. The lowest BCUT2D eigenvalue weighted by molar-refractivity contribution is -0.137. The number of ether oxygens (including phenoxy) is 1. The predicted molar refractivity (Wildman–Crippen MR) is 113 cm³/mol. The fourth-order valence-electron chi connectivity index (χ4n) is 2.87. The standard InChI is InChI=1S/C22H16F3N3O2S/c1-13(30-17-8-3-6-15(12-17)22(23,24)25)19(29)27-16-7-2-5-14(11-16)20-28-18-9-4-10-26-21(18)31-20/h2-13H,1H3,(H,27,29). The Morgan fingerprint density at radius 3 is 2.68 bits per heavy atom. The number of alkyl halides is 3. The summed E-state index contributed by atoms with van der Waals surface area (Å²) >= 11 is 1.44. The van der Waals surface area contributed by atoms with Crippen molar-refractivity contribution < 1.29 is 22.7 Å². The first-order chi connectivity index (χ1) is 14.8. The number of nitrogens with one attached hydrogen (secondary N) is 1. The minimum Gasteiger partial charge on any atom is -0.481 e. The lowest BCUT2D eigenvalue weighted by Crippen LogP contribution is -2.30. The number of hydrogen-bond acceptors (Lipinski definition) is 5. The maximum absolute atomic E-state index is 12.9. The molecule has 0 bridgehead atoms. The van der Waals surface area contributed by atoms with E-state index in [-0.39, 0.29) is 5.75 Å². The summed E-state index contributed by atoms with van der Waals surface area (Å²) in [7, 11) is 0. The van der Waals surface area contributed by atoms with Gasteiger partial charge in [0.2, 0.25) is 0 Å². The van der Waals surface area contributed by atoms with Crippen molar-refractivity contribution in [2.75, 3.05) is 5.32 Å². The smallest absolute Gasteiger partial charge is 0.416 e. The van der Waals surface area contributed by atoms with E-state index in [1.165, 1.54) is 30.4 Å². The second-order valence-corrected chi connectivity index (χ2v) is 7.68. The molecule has 158 valence electrons. The summed E-state index contributed by atoms with van der Waals surface area (Å²) in [6, 6.07) is 15.2. The van der Waals surface area contributed by atoms with Gasteiger partial charge >= 0.3 is 6.18 Å². The van der Waals surface area contributed by atoms with Gasteiger partial charge < -0.3 is 10.1 Å². The van der Waals surface area contributed by atoms with Gasteiger partial charge in [-0.3, -0.25) is 4.79 Å². The number of hydrogen-bond donors (Lipinski definition) is 1. The highest BCUT2D eigenvalue weighted by atomic mass is 32.1. The number of thiazole rings is 1. The lowest BCUT2D eigenvalue weighted by Gasteiger charge is -2.16. The first-order valence-electron chi connectivity index (χ1n) is 9.26. The molecule has 1 unspecified atom stereocenters. The van der Waals surface area contributed by atoms with E-state index in [1.807, 2.05) is 18.2 Å². The van der Waals surface area contributed by atoms with Crippen molar-refractivity contribution >= 4 is 33.3 Å². The highest BCUT2D eigenvalue weighted by molar-refractivity contribution is 7.21. The minimum atomic E-state index is -4.48. The average Bonchev–Trinajstić information content (AvgIpc) is 3.18. The topological polar surface area (TPSA) is 64.1 Å². The Kier molecular flexibility index (Phi) is 5.60. The first-order valence-corrected chi connectivity index (χ1v) is 10.1. The molecule has 2 heterocycles. The maximum atomic E-state index is 12.9. The molecule has 1 amide bonds. The molecule has 0 fully saturated rings. The number of rotatable bonds is 5. The summed E-state index contributed by atoms with van der Waals surface area (Å²) in [5.74, 6) is -0.520. The summed E-state index contributed by atoms with van der Waals surface area (Å²) in [6.07, 6.45) is -3.78. The van der Waals surface area contributed by atoms with Crippen LogP contribution in [0, 0.1) is 0 Å². The molecule has 0 aliphatic carbocycles. The fourth-order valence-corrected chi connectivity index (χ4v) is 3.77. The molecule has 1 atom stereocenters. The van der Waals surface area contributed by atoms with E-state index in [2.05, 4.69) is 15.3 Å². The average molecular weight is 443 g/mol. The highest BCUT2D eigenvalue weighted by Gasteiger charge is 2.31. The fraction of sp³-hybridized carbons (Fsp3) is 0.136. The molecule has 1 N–H and O–H groups in total. The van der Waals surface area contributed by atoms with E-state index >= 15 is 0 Å². The van der Waals surface area contributed by atoms with E-state index in [4.69, 9.17) is 4.74 Å². The molecule has 0 spiro atoms. The molecule has 31 heavy (non-hydrogen) atoms. The van der Waals surface area contributed by atoms with Crippen molar-refractivity contribution in [1.82, 2.24) is 9.97 Å². The van der Waals surface area contributed by atoms with Gasteiger partial charge in [0, 0.05) is 17.4 Å². The third kappa shape index (κ3) is 4.83. The Balaban J connectivity index is 1.46. The van der Waals surface area contributed by atoms with Gasteiger partial charge in [-0.1, -0.05) is 29.5 Å². The van der Waals surface area contributed by atoms with Crippen LogP contribution in [0.5, 0.6) is 5.75 Å². The number of anilines is 1. The molecule has 9 heteroatoms. The molecule has 0 aliphatic rings. The zero-order valence-corrected chi connectivity index (χ0v) is 17.0. The number of carbonyl (C=O) groups excluding carboxylic acids is 1. The van der Waals surface area contributed by atoms with Crippen LogP contribution in [0.25, 0.3) is 20.9 Å². The molecule has 0 saturated carbocycles. The van der Waals surface area contributed by atoms with E-state index in [0.29, 0.717) is 5.69 Å². The Hall–Kier alpha value is -3.46. The summed E-state index contributed by atoms with van der Waals surface area (Å²) in [5, 5.41) is 3.49. The van der Waals surface area contributed by atoms with Crippen molar-refractivity contribution in [1.29, 1.82) is 0 Å². The van der Waals surface area contributed by atoms with Gasteiger partial charge in [-0.2, -0.15) is 13.2 Å². The summed E-state index contributed by atoms with van der Waals surface area (Å²) in [6.45, 7) is 1.47. The zero-order valence-electron chi connectivity index (χ0n) is 16.2. The zero-order chi connectivity index (χ0) is 22.0. The molecule has 4 rings (SSSR count). The predicted octanol–water partition coefficient (Wildman–Crippen LogP) is 5.78. The summed E-state index contributed by atoms with van der Waals surface area (Å²) in [4.78, 5) is 22.2. The number of amides is 1. The van der Waals surface area contributed by atoms with E-state index < -0.39 is 23.8 Å². The summed E-state index contributed by atoms with van der Waals surface area (Å²) < 4.78 is 44.0. The number of nitrogens with zero attached hydrogens (tertiary/aromatic N) is 2. The lowest BCUT2D eigenvalue weighted by atomic mass is 10.2. The van der Waals surface area contributed by atoms with Gasteiger partial charge in [-0.15, -0.1) is 0 Å². The molecule has 4 aromatic rings. The second kappa shape index (κ2) is 8.35. The molecule has 0 radical (unpaired) electrons. The Morgan fingerprint density at radius 2 is 1.90 bits per heavy atom. The van der Waals surface area contributed by atoms with Crippen molar-refractivity contribution in [2.45, 2.75) is 19.2 Å². The third-order valence-electron chi connectivity index (χ3n) is 4.39. The summed E-state index contributed by atoms with van der Waals surface area (Å²) in [5.41, 5.74) is 1.29. The van der Waals surface area contributed by atoms with Crippen molar-refractivity contribution in [3.8, 4) is 16.3 Å². The monoisotopic (exact) mass is 443 g/mol. The van der Waals surface area contributed by atoms with Crippen molar-refractivity contribution in [3.05, 3.63) is 72.4 Å². The molecule has 0 aliphatic heterocycles. The molecule has 2 aromatic heterocycles. The molecule has 0 saturated heterocycles. The van der Waals surface area contributed by atoms with Crippen LogP contribution in [0.4, 0.5) is 18.9 Å². The van der Waals surface area contributed by atoms with Crippen LogP contribution in [0.1, 0.15) is 12.5 Å². The molecular weight excluding hydrogens is 427 g/mol. The first kappa shape index (κ1) is 20.8. The van der Waals surface area contributed by atoms with Gasteiger partial charge in [-0.05, 0) is 49.4 Å². The Morgan fingerprint density at radius 1 is 1.10 bits per heavy atom. The molecule has 2 aromatic carbocycles. The molecule has 5 nitrogen and oxygen atoms in total. The number of benzene rings is 2. The van der Waals surface area contributed by atoms with Crippen LogP contribution >= 0.6 is 11.3 Å². The number of fused-ring (bicyclic) bond motifs is 1. The number of halogens is 3. The quantitative estimate of drug-likeness (QED) is 0.425. The number of aromatic nitrogens is 2. The number of pyridine rings is 1. The van der Waals surface area contributed by atoms with Gasteiger partial charge in [0.05, 0.1) is 5.56 Å². The van der Waals surface area contributed by atoms with Gasteiger partial charge in [-0.25, -0.2) is 9.97 Å². The van der Waals surface area contributed by atoms with Crippen molar-refractivity contribution in [3.63, 3.8) is 0 Å². The Labute approximate surface area is 179 Å². The van der Waals surface area contributed by atoms with Crippen LogP contribution in [-0.2, 0) is 11.0 Å². The third-order valence-corrected chi connectivity index (χ3v) is 5.42. The van der Waals surface area contributed by atoms with Crippen LogP contribution < -0.4 is 10.1 Å². The SMILES string of the molecule is CC(Oc1cccc(C(F)(F)F)c1)C(=O)Nc1cccc(-c2nc3cccnc3s2)c1. The van der Waals surface area contributed by atoms with Gasteiger partial charge in [0.25, 0.3) is 5.91 Å². The number of carbonyl (C=O) groups is 1. The van der Waals surface area contributed by atoms with E-state index in [0.717, 1.165) is 33.1 Å². The van der Waals surface area contributed by atoms with E-state index in [9.17, 15) is 18.0 Å². The normalized spacial score (nSPS) is 12.5. The molecular formula is C22H16F3N3O2S. The van der Waals surface area contributed by atoms with Gasteiger partial charge in [0.15, 0.2) is 6.10 Å². The highest BCUT2D eigenvalue weighted by Crippen LogP contribution is 2.32. The van der Waals surface area contributed by atoms with Crippen LogP contribution in [-0.4, -0.2) is 22.0 Å². The van der Waals surface area contributed by atoms with E-state index in [1.54, 1.807) is 24.4 Å². The largest absolute Gasteiger partial charge is 0.481 e. The Bertz CT molecular complexity index is 1210.